The number of rotatable bonds is 8. The number of methoxy groups -OCH3 is 2. The summed E-state index contributed by atoms with van der Waals surface area (Å²) in [5.74, 6) is 2.19. The predicted molar refractivity (Wildman–Crippen MR) is 129 cm³/mol. The van der Waals surface area contributed by atoms with Gasteiger partial charge in [0.05, 0.1) is 19.8 Å². The van der Waals surface area contributed by atoms with Gasteiger partial charge in [-0.15, -0.1) is 0 Å². The Morgan fingerprint density at radius 2 is 1.79 bits per heavy atom. The van der Waals surface area contributed by atoms with E-state index in [-0.39, 0.29) is 5.41 Å². The maximum atomic E-state index is 11.1. The molecule has 4 heteroatoms. The van der Waals surface area contributed by atoms with E-state index in [4.69, 9.17) is 14.6 Å². The molecule has 1 N–H and O–H groups in total. The summed E-state index contributed by atoms with van der Waals surface area (Å²) in [6.45, 7) is 2.44. The van der Waals surface area contributed by atoms with Crippen molar-refractivity contribution in [3.8, 4) is 11.5 Å². The maximum absolute atomic E-state index is 11.1. The van der Waals surface area contributed by atoms with Crippen LogP contribution in [0.3, 0.4) is 0 Å². The largest absolute Gasteiger partial charge is 0.497 e. The second-order valence-electron chi connectivity index (χ2n) is 9.54. The quantitative estimate of drug-likeness (QED) is 0.501. The second-order valence-corrected chi connectivity index (χ2v) is 9.54. The zero-order valence-electron chi connectivity index (χ0n) is 19.4. The molecule has 0 heterocycles. The van der Waals surface area contributed by atoms with Crippen LogP contribution < -0.4 is 9.47 Å². The van der Waals surface area contributed by atoms with Gasteiger partial charge in [0.2, 0.25) is 0 Å². The van der Waals surface area contributed by atoms with Crippen LogP contribution >= 0.6 is 0 Å². The average Bonchev–Trinajstić information content (AvgIpc) is 3.23. The van der Waals surface area contributed by atoms with E-state index in [0.717, 1.165) is 37.2 Å². The summed E-state index contributed by atoms with van der Waals surface area (Å²) >= 11 is 0. The summed E-state index contributed by atoms with van der Waals surface area (Å²) < 4.78 is 11.1. The van der Waals surface area contributed by atoms with E-state index in [2.05, 4.69) is 31.2 Å². The van der Waals surface area contributed by atoms with Crippen LogP contribution in [-0.4, -0.2) is 25.3 Å². The fourth-order valence-corrected chi connectivity index (χ4v) is 6.11. The van der Waals surface area contributed by atoms with Crippen molar-refractivity contribution in [3.63, 3.8) is 0 Å². The molecule has 0 bridgehead atoms. The monoisotopic (exact) mass is 442 g/mol. The Balaban J connectivity index is 1.36. The Bertz CT molecular complexity index is 1200. The van der Waals surface area contributed by atoms with E-state index < -0.39 is 5.97 Å². The molecule has 0 aliphatic heterocycles. The molecular formula is C29H30O4. The first-order chi connectivity index (χ1) is 16.0. The summed E-state index contributed by atoms with van der Waals surface area (Å²) in [5, 5.41) is 9.13. The number of aryl methyl sites for hydroxylation is 2. The highest BCUT2D eigenvalue weighted by Gasteiger charge is 2.65. The lowest BCUT2D eigenvalue weighted by Crippen LogP contribution is -2.12. The minimum Gasteiger partial charge on any atom is -0.497 e. The molecule has 2 aliphatic carbocycles. The van der Waals surface area contributed by atoms with E-state index in [1.807, 2.05) is 24.3 Å². The smallest absolute Gasteiger partial charge is 0.335 e. The van der Waals surface area contributed by atoms with Crippen LogP contribution in [0, 0.1) is 11.8 Å². The standard InChI is InChI=1S/C29H30O4/c1-29-24(25(29)17-22-15-23(32-2)13-14-26(22)33-3)16-21-6-4-5-19(27(21)29)10-7-18-8-11-20(12-9-18)28(30)31/h4-6,8-9,11-15,24-25H,7,10,16-17H2,1-3H3,(H,30,31)/t24-,25-,29-/m1/s1. The molecular weight excluding hydrogens is 412 g/mol. The number of ether oxygens (including phenoxy) is 2. The van der Waals surface area contributed by atoms with Gasteiger partial charge in [-0.3, -0.25) is 0 Å². The van der Waals surface area contributed by atoms with E-state index in [1.54, 1.807) is 31.9 Å². The lowest BCUT2D eigenvalue weighted by molar-refractivity contribution is 0.0697. The molecule has 0 aromatic heterocycles. The highest BCUT2D eigenvalue weighted by atomic mass is 16.5. The summed E-state index contributed by atoms with van der Waals surface area (Å²) in [6, 6.07) is 20.1. The molecule has 0 radical (unpaired) electrons. The third kappa shape index (κ3) is 3.68. The van der Waals surface area contributed by atoms with Gasteiger partial charge in [0.15, 0.2) is 0 Å². The lowest BCUT2D eigenvalue weighted by Gasteiger charge is -2.20. The van der Waals surface area contributed by atoms with Crippen molar-refractivity contribution in [3.05, 3.63) is 94.0 Å². The van der Waals surface area contributed by atoms with E-state index in [9.17, 15) is 4.79 Å². The third-order valence-corrected chi connectivity index (χ3v) is 7.94. The number of hydrogen-bond donors (Lipinski definition) is 1. The molecule has 5 rings (SSSR count). The topological polar surface area (TPSA) is 55.8 Å². The third-order valence-electron chi connectivity index (χ3n) is 7.94. The van der Waals surface area contributed by atoms with Crippen molar-refractivity contribution in [2.45, 2.75) is 38.0 Å². The van der Waals surface area contributed by atoms with Gasteiger partial charge >= 0.3 is 5.97 Å². The zero-order valence-corrected chi connectivity index (χ0v) is 19.4. The molecule has 170 valence electrons. The summed E-state index contributed by atoms with van der Waals surface area (Å²) in [5.41, 5.74) is 7.40. The molecule has 0 unspecified atom stereocenters. The average molecular weight is 443 g/mol. The highest BCUT2D eigenvalue weighted by molar-refractivity contribution is 5.87. The van der Waals surface area contributed by atoms with Gasteiger partial charge in [-0.2, -0.15) is 0 Å². The van der Waals surface area contributed by atoms with Crippen molar-refractivity contribution in [1.29, 1.82) is 0 Å². The molecule has 0 spiro atoms. The molecule has 33 heavy (non-hydrogen) atoms. The molecule has 0 saturated heterocycles. The number of fused-ring (bicyclic) bond motifs is 3. The van der Waals surface area contributed by atoms with Gasteiger partial charge in [0, 0.05) is 0 Å². The Labute approximate surface area is 195 Å². The number of carboxylic acid groups (broad SMARTS) is 1. The van der Waals surface area contributed by atoms with Crippen LogP contribution in [-0.2, 0) is 31.1 Å². The van der Waals surface area contributed by atoms with E-state index in [1.165, 1.54) is 22.3 Å². The molecule has 3 aromatic carbocycles. The number of carbonyl (C=O) groups is 1. The fourth-order valence-electron chi connectivity index (χ4n) is 6.11. The van der Waals surface area contributed by atoms with Gasteiger partial charge in [0.1, 0.15) is 11.5 Å². The van der Waals surface area contributed by atoms with Gasteiger partial charge in [-0.1, -0.05) is 37.3 Å². The first-order valence-corrected chi connectivity index (χ1v) is 11.6. The van der Waals surface area contributed by atoms with Crippen molar-refractivity contribution in [1.82, 2.24) is 0 Å². The Kier molecular flexibility index (Phi) is 5.40. The Morgan fingerprint density at radius 3 is 2.48 bits per heavy atom. The summed E-state index contributed by atoms with van der Waals surface area (Å²) in [6.07, 6.45) is 4.01. The van der Waals surface area contributed by atoms with Crippen LogP contribution in [0.15, 0.2) is 60.7 Å². The van der Waals surface area contributed by atoms with Crippen molar-refractivity contribution in [2.24, 2.45) is 11.8 Å². The maximum Gasteiger partial charge on any atom is 0.335 e. The van der Waals surface area contributed by atoms with Crippen molar-refractivity contribution in [2.75, 3.05) is 14.2 Å². The fraction of sp³-hybridized carbons (Fsp3) is 0.345. The minimum atomic E-state index is -0.881. The minimum absolute atomic E-state index is 0.202. The normalized spacial score (nSPS) is 22.4. The highest BCUT2D eigenvalue weighted by Crippen LogP contribution is 2.68. The zero-order chi connectivity index (χ0) is 23.2. The van der Waals surface area contributed by atoms with Gasteiger partial charge in [0.25, 0.3) is 0 Å². The van der Waals surface area contributed by atoms with Gasteiger partial charge < -0.3 is 14.6 Å². The summed E-state index contributed by atoms with van der Waals surface area (Å²) in [4.78, 5) is 11.1. The number of aromatic carboxylic acids is 1. The van der Waals surface area contributed by atoms with Crippen LogP contribution in [0.2, 0.25) is 0 Å². The molecule has 1 fully saturated rings. The number of hydrogen-bond acceptors (Lipinski definition) is 3. The summed E-state index contributed by atoms with van der Waals surface area (Å²) in [7, 11) is 3.44. The molecule has 2 aliphatic rings. The molecule has 3 aromatic rings. The number of benzene rings is 3. The van der Waals surface area contributed by atoms with Crippen LogP contribution in [0.4, 0.5) is 0 Å². The van der Waals surface area contributed by atoms with Crippen molar-refractivity contribution >= 4 is 5.97 Å². The van der Waals surface area contributed by atoms with Crippen LogP contribution in [0.25, 0.3) is 0 Å². The molecule has 0 amide bonds. The van der Waals surface area contributed by atoms with E-state index in [0.29, 0.717) is 17.4 Å². The predicted octanol–water partition coefficient (Wildman–Crippen LogP) is 5.49. The van der Waals surface area contributed by atoms with E-state index >= 15 is 0 Å². The lowest BCUT2D eigenvalue weighted by atomic mass is 9.85. The molecule has 3 atom stereocenters. The van der Waals surface area contributed by atoms with Crippen LogP contribution in [0.1, 0.15) is 45.1 Å². The van der Waals surface area contributed by atoms with Gasteiger partial charge in [-0.05, 0) is 101 Å². The van der Waals surface area contributed by atoms with Gasteiger partial charge in [-0.25, -0.2) is 4.79 Å². The van der Waals surface area contributed by atoms with Crippen LogP contribution in [0.5, 0.6) is 11.5 Å². The Hall–Kier alpha value is -3.27. The number of carboxylic acids is 1. The first kappa shape index (κ1) is 21.6. The second kappa shape index (κ2) is 8.26. The molecule has 4 nitrogen and oxygen atoms in total. The Morgan fingerprint density at radius 1 is 1.00 bits per heavy atom. The SMILES string of the molecule is COc1ccc(OC)c(C[C@@H]2[C@H]3Cc4cccc(CCc5ccc(C(=O)O)cc5)c4[C@@]23C)c1. The molecule has 1 saturated carbocycles. The first-order valence-electron chi connectivity index (χ1n) is 11.6. The van der Waals surface area contributed by atoms with Crippen molar-refractivity contribution < 1.29 is 19.4 Å².